The van der Waals surface area contributed by atoms with Crippen LogP contribution in [0.15, 0.2) is 41.3 Å². The van der Waals surface area contributed by atoms with Gasteiger partial charge in [0.05, 0.1) is 50.7 Å². The second-order valence-electron chi connectivity index (χ2n) is 13.3. The maximum absolute atomic E-state index is 14.4. The second-order valence-corrected chi connectivity index (χ2v) is 15.1. The summed E-state index contributed by atoms with van der Waals surface area (Å²) in [5, 5.41) is 0. The normalized spacial score (nSPS) is 22.5. The van der Waals surface area contributed by atoms with E-state index in [2.05, 4.69) is 4.90 Å². The van der Waals surface area contributed by atoms with Gasteiger partial charge in [-0.2, -0.15) is 0 Å². The third kappa shape index (κ3) is 6.91. The molecule has 3 aliphatic rings. The van der Waals surface area contributed by atoms with Crippen molar-refractivity contribution in [1.82, 2.24) is 4.90 Å². The number of morpholine rings is 1. The van der Waals surface area contributed by atoms with Crippen molar-refractivity contribution in [2.24, 2.45) is 5.41 Å². The first kappa shape index (κ1) is 33.4. The summed E-state index contributed by atoms with van der Waals surface area (Å²) in [6, 6.07) is 9.49. The standard InChI is InChI=1S/C34H46N2O8S/c1-6-43-26-8-9-28-27(22-26)34(13-11-25(12-14-34)44-20-17-35-15-18-42-19-16-35)32(38)36(28)45(39,40)31-10-7-24(21-30(31)41-5)29(37)23-33(2,3)4/h7-10,21-22,25H,6,11-20,23H2,1-5H3. The van der Waals surface area contributed by atoms with Gasteiger partial charge in [-0.05, 0) is 80.0 Å². The zero-order valence-corrected chi connectivity index (χ0v) is 27.9. The molecule has 11 heteroatoms. The molecule has 1 amide bonds. The smallest absolute Gasteiger partial charge is 0.274 e. The highest BCUT2D eigenvalue weighted by Gasteiger charge is 2.56. The Morgan fingerprint density at radius 2 is 1.78 bits per heavy atom. The molecule has 2 aliphatic heterocycles. The van der Waals surface area contributed by atoms with Gasteiger partial charge in [0.1, 0.15) is 16.4 Å². The van der Waals surface area contributed by atoms with E-state index in [1.54, 1.807) is 12.1 Å². The number of ketones is 1. The summed E-state index contributed by atoms with van der Waals surface area (Å²) in [5.41, 5.74) is 0.0888. The monoisotopic (exact) mass is 642 g/mol. The van der Waals surface area contributed by atoms with Crippen molar-refractivity contribution >= 4 is 27.4 Å². The van der Waals surface area contributed by atoms with Gasteiger partial charge in [-0.15, -0.1) is 0 Å². The number of anilines is 1. The summed E-state index contributed by atoms with van der Waals surface area (Å²) in [7, 11) is -3.04. The molecule has 10 nitrogen and oxygen atoms in total. The van der Waals surface area contributed by atoms with Crippen molar-refractivity contribution in [3.05, 3.63) is 47.5 Å². The Kier molecular flexibility index (Phi) is 9.93. The van der Waals surface area contributed by atoms with Crippen molar-refractivity contribution in [3.8, 4) is 11.5 Å². The fourth-order valence-corrected chi connectivity index (χ4v) is 8.28. The second kappa shape index (κ2) is 13.4. The highest BCUT2D eigenvalue weighted by atomic mass is 32.2. The molecule has 1 saturated heterocycles. The number of benzene rings is 2. The predicted octanol–water partition coefficient (Wildman–Crippen LogP) is 4.98. The van der Waals surface area contributed by atoms with Gasteiger partial charge in [0.15, 0.2) is 5.78 Å². The molecule has 45 heavy (non-hydrogen) atoms. The lowest BCUT2D eigenvalue weighted by molar-refractivity contribution is -0.124. The van der Waals surface area contributed by atoms with Crippen LogP contribution >= 0.6 is 0 Å². The molecule has 0 unspecified atom stereocenters. The molecule has 5 rings (SSSR count). The van der Waals surface area contributed by atoms with E-state index < -0.39 is 21.3 Å². The number of rotatable bonds is 11. The number of fused-ring (bicyclic) bond motifs is 2. The molecule has 1 aliphatic carbocycles. The fourth-order valence-electron chi connectivity index (χ4n) is 6.63. The molecule has 0 bridgehead atoms. The van der Waals surface area contributed by atoms with Gasteiger partial charge in [0.25, 0.3) is 15.9 Å². The molecular formula is C34H46N2O8S. The maximum Gasteiger partial charge on any atom is 0.274 e. The van der Waals surface area contributed by atoms with Crippen LogP contribution < -0.4 is 13.8 Å². The van der Waals surface area contributed by atoms with Crippen LogP contribution in [0.2, 0.25) is 0 Å². The molecule has 1 spiro atoms. The molecule has 2 aromatic carbocycles. The van der Waals surface area contributed by atoms with E-state index in [0.717, 1.165) is 37.2 Å². The Bertz CT molecular complexity index is 1500. The van der Waals surface area contributed by atoms with Crippen LogP contribution in [0, 0.1) is 5.41 Å². The number of ether oxygens (including phenoxy) is 4. The SMILES string of the molecule is CCOc1ccc2c(c1)C1(CCC(OCCN3CCOCC3)CC1)C(=O)N2S(=O)(=O)c1ccc(C(=O)CC(C)(C)C)cc1OC. The van der Waals surface area contributed by atoms with Gasteiger partial charge >= 0.3 is 0 Å². The Morgan fingerprint density at radius 3 is 2.42 bits per heavy atom. The van der Waals surface area contributed by atoms with Crippen LogP contribution in [0.4, 0.5) is 5.69 Å². The van der Waals surface area contributed by atoms with Gasteiger partial charge in [-0.1, -0.05) is 20.8 Å². The van der Waals surface area contributed by atoms with Crippen LogP contribution in [-0.2, 0) is 29.7 Å². The largest absolute Gasteiger partial charge is 0.495 e. The summed E-state index contributed by atoms with van der Waals surface area (Å²) in [6.45, 7) is 12.9. The van der Waals surface area contributed by atoms with E-state index in [0.29, 0.717) is 67.9 Å². The number of hydrogen-bond donors (Lipinski definition) is 0. The van der Waals surface area contributed by atoms with Gasteiger partial charge in [0.2, 0.25) is 0 Å². The lowest BCUT2D eigenvalue weighted by Gasteiger charge is -2.36. The number of nitrogens with zero attached hydrogens (tertiary/aromatic N) is 2. The number of methoxy groups -OCH3 is 1. The number of hydrogen-bond acceptors (Lipinski definition) is 9. The molecule has 0 atom stereocenters. The summed E-state index contributed by atoms with van der Waals surface area (Å²) in [4.78, 5) is 29.5. The summed E-state index contributed by atoms with van der Waals surface area (Å²) < 4.78 is 52.6. The molecule has 2 fully saturated rings. The van der Waals surface area contributed by atoms with E-state index >= 15 is 0 Å². The van der Waals surface area contributed by atoms with Gasteiger partial charge < -0.3 is 18.9 Å². The van der Waals surface area contributed by atoms with Gasteiger partial charge in [0, 0.05) is 31.6 Å². The van der Waals surface area contributed by atoms with Crippen molar-refractivity contribution < 1.29 is 37.0 Å². The quantitative estimate of drug-likeness (QED) is 0.314. The van der Waals surface area contributed by atoms with Crippen molar-refractivity contribution in [3.63, 3.8) is 0 Å². The highest BCUT2D eigenvalue weighted by molar-refractivity contribution is 7.93. The van der Waals surface area contributed by atoms with E-state index in [-0.39, 0.29) is 27.9 Å². The molecule has 0 radical (unpaired) electrons. The lowest BCUT2D eigenvalue weighted by Crippen LogP contribution is -2.46. The summed E-state index contributed by atoms with van der Waals surface area (Å²) in [5.74, 6) is 0.0192. The fraction of sp³-hybridized carbons (Fsp3) is 0.588. The van der Waals surface area contributed by atoms with Crippen molar-refractivity contribution in [2.75, 3.05) is 57.5 Å². The third-order valence-corrected chi connectivity index (χ3v) is 10.7. The average molecular weight is 643 g/mol. The number of carbonyl (C=O) groups excluding carboxylic acids is 2. The molecule has 2 heterocycles. The Hall–Kier alpha value is -2.99. The number of sulfonamides is 1. The molecule has 0 N–H and O–H groups in total. The lowest BCUT2D eigenvalue weighted by atomic mass is 9.69. The van der Waals surface area contributed by atoms with Crippen LogP contribution in [0.25, 0.3) is 0 Å². The zero-order valence-electron chi connectivity index (χ0n) is 27.1. The van der Waals surface area contributed by atoms with E-state index in [4.69, 9.17) is 18.9 Å². The summed E-state index contributed by atoms with van der Waals surface area (Å²) >= 11 is 0. The molecule has 1 saturated carbocycles. The van der Waals surface area contributed by atoms with Crippen LogP contribution in [0.5, 0.6) is 11.5 Å². The van der Waals surface area contributed by atoms with Gasteiger partial charge in [-0.25, -0.2) is 12.7 Å². The predicted molar refractivity (Wildman–Crippen MR) is 171 cm³/mol. The number of carbonyl (C=O) groups is 2. The molecule has 246 valence electrons. The first-order valence-electron chi connectivity index (χ1n) is 15.9. The number of amides is 1. The van der Waals surface area contributed by atoms with E-state index in [9.17, 15) is 18.0 Å². The minimum atomic E-state index is -4.40. The minimum absolute atomic E-state index is 0.00748. The highest BCUT2D eigenvalue weighted by Crippen LogP contribution is 2.53. The molecule has 2 aromatic rings. The average Bonchev–Trinajstić information content (AvgIpc) is 3.24. The zero-order chi connectivity index (χ0) is 32.4. The third-order valence-electron chi connectivity index (χ3n) is 8.95. The van der Waals surface area contributed by atoms with Crippen LogP contribution in [0.1, 0.15) is 75.7 Å². The van der Waals surface area contributed by atoms with Crippen molar-refractivity contribution in [1.29, 1.82) is 0 Å². The Labute approximate surface area is 267 Å². The van der Waals surface area contributed by atoms with Gasteiger partial charge in [-0.3, -0.25) is 14.5 Å². The first-order chi connectivity index (χ1) is 21.4. The summed E-state index contributed by atoms with van der Waals surface area (Å²) in [6.07, 6.45) is 2.47. The Morgan fingerprint density at radius 1 is 1.07 bits per heavy atom. The van der Waals surface area contributed by atoms with E-state index in [1.807, 2.05) is 33.8 Å². The van der Waals surface area contributed by atoms with E-state index in [1.165, 1.54) is 25.3 Å². The molecular weight excluding hydrogens is 596 g/mol. The first-order valence-corrected chi connectivity index (χ1v) is 17.3. The van der Waals surface area contributed by atoms with Crippen molar-refractivity contribution in [2.45, 2.75) is 76.2 Å². The molecule has 0 aromatic heterocycles. The van der Waals surface area contributed by atoms with Crippen LogP contribution in [-0.4, -0.2) is 84.3 Å². The topological polar surface area (TPSA) is 112 Å². The Balaban J connectivity index is 1.42. The maximum atomic E-state index is 14.4. The minimum Gasteiger partial charge on any atom is -0.495 e. The van der Waals surface area contributed by atoms with Crippen LogP contribution in [0.3, 0.4) is 0 Å². The number of Topliss-reactive ketones (excluding diaryl/α,β-unsaturated/α-hetero) is 1.